The van der Waals surface area contributed by atoms with Crippen LogP contribution in [0.1, 0.15) is 11.1 Å². The van der Waals surface area contributed by atoms with Crippen LogP contribution >= 0.6 is 0 Å². The van der Waals surface area contributed by atoms with Crippen LogP contribution in [0.15, 0.2) is 54.6 Å². The standard InChI is InChI=1S/C18H13NO4/c20-15-7-8-16(21)13(11-15)4-1-12-2-5-14(6-3-12)19-17(22)9-10-18(19)23/h1-11,20-21H/b4-1+. The summed E-state index contributed by atoms with van der Waals surface area (Å²) in [4.78, 5) is 24.3. The molecule has 114 valence electrons. The lowest BCUT2D eigenvalue weighted by atomic mass is 10.1. The van der Waals surface area contributed by atoms with Crippen LogP contribution in [-0.2, 0) is 9.59 Å². The topological polar surface area (TPSA) is 77.8 Å². The smallest absolute Gasteiger partial charge is 0.258 e. The fourth-order valence-electron chi connectivity index (χ4n) is 2.25. The number of hydrogen-bond acceptors (Lipinski definition) is 4. The minimum Gasteiger partial charge on any atom is -0.508 e. The predicted molar refractivity (Wildman–Crippen MR) is 86.8 cm³/mol. The second-order valence-corrected chi connectivity index (χ2v) is 5.01. The molecule has 1 aliphatic heterocycles. The van der Waals surface area contributed by atoms with Crippen LogP contribution in [0.2, 0.25) is 0 Å². The van der Waals surface area contributed by atoms with Gasteiger partial charge in [-0.05, 0) is 35.9 Å². The second-order valence-electron chi connectivity index (χ2n) is 5.01. The number of carbonyl (C=O) groups is 2. The Labute approximate surface area is 132 Å². The van der Waals surface area contributed by atoms with Crippen molar-refractivity contribution in [2.24, 2.45) is 0 Å². The van der Waals surface area contributed by atoms with E-state index in [-0.39, 0.29) is 23.3 Å². The molecule has 2 N–H and O–H groups in total. The average Bonchev–Trinajstić information content (AvgIpc) is 2.88. The molecule has 3 rings (SSSR count). The minimum absolute atomic E-state index is 0.0648. The largest absolute Gasteiger partial charge is 0.508 e. The van der Waals surface area contributed by atoms with Crippen molar-refractivity contribution in [1.82, 2.24) is 0 Å². The lowest BCUT2D eigenvalue weighted by molar-refractivity contribution is -0.119. The zero-order valence-electron chi connectivity index (χ0n) is 12.0. The van der Waals surface area contributed by atoms with Crippen molar-refractivity contribution >= 4 is 29.7 Å². The van der Waals surface area contributed by atoms with Crippen LogP contribution in [-0.4, -0.2) is 22.0 Å². The quantitative estimate of drug-likeness (QED) is 0.519. The molecule has 5 heteroatoms. The Hall–Kier alpha value is -3.34. The van der Waals surface area contributed by atoms with Crippen LogP contribution in [0.3, 0.4) is 0 Å². The monoisotopic (exact) mass is 307 g/mol. The molecule has 0 bridgehead atoms. The molecule has 0 radical (unpaired) electrons. The lowest BCUT2D eigenvalue weighted by Gasteiger charge is -2.13. The Balaban J connectivity index is 1.80. The zero-order chi connectivity index (χ0) is 16.4. The molecule has 1 heterocycles. The van der Waals surface area contributed by atoms with Crippen LogP contribution in [0, 0.1) is 0 Å². The molecular formula is C18H13NO4. The summed E-state index contributed by atoms with van der Waals surface area (Å²) in [6.07, 6.45) is 5.89. The highest BCUT2D eigenvalue weighted by atomic mass is 16.3. The molecule has 0 fully saturated rings. The van der Waals surface area contributed by atoms with E-state index in [0.29, 0.717) is 11.3 Å². The van der Waals surface area contributed by atoms with Gasteiger partial charge in [-0.2, -0.15) is 0 Å². The summed E-state index contributed by atoms with van der Waals surface area (Å²) in [5.74, 6) is -0.586. The van der Waals surface area contributed by atoms with E-state index in [1.54, 1.807) is 36.4 Å². The molecule has 0 atom stereocenters. The fraction of sp³-hybridized carbons (Fsp3) is 0. The van der Waals surface area contributed by atoms with Gasteiger partial charge in [0.15, 0.2) is 0 Å². The molecule has 0 aliphatic carbocycles. The van der Waals surface area contributed by atoms with Crippen LogP contribution < -0.4 is 4.90 Å². The Morgan fingerprint density at radius 3 is 2.13 bits per heavy atom. The molecule has 2 amide bonds. The molecule has 0 unspecified atom stereocenters. The highest BCUT2D eigenvalue weighted by molar-refractivity contribution is 6.28. The molecule has 2 aromatic carbocycles. The van der Waals surface area contributed by atoms with Crippen LogP contribution in [0.5, 0.6) is 11.5 Å². The summed E-state index contributed by atoms with van der Waals surface area (Å²) >= 11 is 0. The molecule has 2 aromatic rings. The first-order valence-electron chi connectivity index (χ1n) is 6.91. The number of hydrogen-bond donors (Lipinski definition) is 2. The van der Waals surface area contributed by atoms with E-state index < -0.39 is 0 Å². The second kappa shape index (κ2) is 5.81. The molecule has 0 saturated carbocycles. The van der Waals surface area contributed by atoms with Gasteiger partial charge in [0.1, 0.15) is 11.5 Å². The lowest BCUT2D eigenvalue weighted by Crippen LogP contribution is -2.29. The summed E-state index contributed by atoms with van der Waals surface area (Å²) in [5, 5.41) is 19.1. The average molecular weight is 307 g/mol. The summed E-state index contributed by atoms with van der Waals surface area (Å²) in [5.41, 5.74) is 1.81. The molecule has 23 heavy (non-hydrogen) atoms. The maximum Gasteiger partial charge on any atom is 0.258 e. The van der Waals surface area contributed by atoms with E-state index in [1.807, 2.05) is 0 Å². The third kappa shape index (κ3) is 2.98. The van der Waals surface area contributed by atoms with Gasteiger partial charge in [-0.15, -0.1) is 0 Å². The summed E-state index contributed by atoms with van der Waals surface area (Å²) in [7, 11) is 0. The first-order valence-corrected chi connectivity index (χ1v) is 6.91. The van der Waals surface area contributed by atoms with Crippen molar-refractivity contribution in [2.45, 2.75) is 0 Å². The first kappa shape index (κ1) is 14.6. The zero-order valence-corrected chi connectivity index (χ0v) is 12.0. The molecule has 1 aliphatic rings. The maximum atomic E-state index is 11.6. The van der Waals surface area contributed by atoms with Gasteiger partial charge >= 0.3 is 0 Å². The van der Waals surface area contributed by atoms with Gasteiger partial charge in [0.05, 0.1) is 5.69 Å². The number of amides is 2. The number of benzene rings is 2. The molecule has 0 spiro atoms. The van der Waals surface area contributed by atoms with E-state index in [9.17, 15) is 19.8 Å². The number of carbonyl (C=O) groups excluding carboxylic acids is 2. The number of anilines is 1. The van der Waals surface area contributed by atoms with Crippen molar-refractivity contribution in [3.05, 3.63) is 65.7 Å². The predicted octanol–water partition coefficient (Wildman–Crippen LogP) is 2.70. The van der Waals surface area contributed by atoms with Gasteiger partial charge in [-0.25, -0.2) is 4.90 Å². The van der Waals surface area contributed by atoms with Crippen LogP contribution in [0.25, 0.3) is 12.2 Å². The molecule has 5 nitrogen and oxygen atoms in total. The van der Waals surface area contributed by atoms with Crippen molar-refractivity contribution in [1.29, 1.82) is 0 Å². The van der Waals surface area contributed by atoms with E-state index in [0.717, 1.165) is 10.5 Å². The normalized spacial score (nSPS) is 14.2. The number of aromatic hydroxyl groups is 2. The Bertz CT molecular complexity index is 817. The summed E-state index contributed by atoms with van der Waals surface area (Å²) < 4.78 is 0. The summed E-state index contributed by atoms with van der Waals surface area (Å²) in [6, 6.07) is 11.1. The number of nitrogens with zero attached hydrogens (tertiary/aromatic N) is 1. The molecular weight excluding hydrogens is 294 g/mol. The Morgan fingerprint density at radius 1 is 0.826 bits per heavy atom. The maximum absolute atomic E-state index is 11.6. The van der Waals surface area contributed by atoms with Gasteiger partial charge in [0, 0.05) is 17.7 Å². The first-order chi connectivity index (χ1) is 11.0. The molecule has 0 saturated heterocycles. The summed E-state index contributed by atoms with van der Waals surface area (Å²) in [6.45, 7) is 0. The number of phenols is 2. The van der Waals surface area contributed by atoms with Gasteiger partial charge < -0.3 is 10.2 Å². The van der Waals surface area contributed by atoms with Crippen LogP contribution in [0.4, 0.5) is 5.69 Å². The van der Waals surface area contributed by atoms with E-state index in [4.69, 9.17) is 0 Å². The minimum atomic E-state index is -0.358. The Morgan fingerprint density at radius 2 is 1.48 bits per heavy atom. The van der Waals surface area contributed by atoms with Crippen molar-refractivity contribution in [3.8, 4) is 11.5 Å². The number of imide groups is 1. The highest BCUT2D eigenvalue weighted by Gasteiger charge is 2.24. The van der Waals surface area contributed by atoms with Crippen molar-refractivity contribution < 1.29 is 19.8 Å². The van der Waals surface area contributed by atoms with Gasteiger partial charge in [-0.3, -0.25) is 9.59 Å². The third-order valence-corrected chi connectivity index (χ3v) is 3.43. The number of phenolic OH excluding ortho intramolecular Hbond substituents is 2. The fourth-order valence-corrected chi connectivity index (χ4v) is 2.25. The van der Waals surface area contributed by atoms with Gasteiger partial charge in [0.2, 0.25) is 0 Å². The van der Waals surface area contributed by atoms with Gasteiger partial charge in [-0.1, -0.05) is 24.3 Å². The van der Waals surface area contributed by atoms with E-state index in [2.05, 4.69) is 0 Å². The molecule has 0 aromatic heterocycles. The SMILES string of the molecule is O=C1C=CC(=O)N1c1ccc(/C=C/c2cc(O)ccc2O)cc1. The van der Waals surface area contributed by atoms with E-state index in [1.165, 1.54) is 30.4 Å². The highest BCUT2D eigenvalue weighted by Crippen LogP contribution is 2.25. The van der Waals surface area contributed by atoms with Crippen molar-refractivity contribution in [2.75, 3.05) is 4.90 Å². The van der Waals surface area contributed by atoms with Gasteiger partial charge in [0.25, 0.3) is 11.8 Å². The Kier molecular flexibility index (Phi) is 3.68. The van der Waals surface area contributed by atoms with E-state index >= 15 is 0 Å². The van der Waals surface area contributed by atoms with Crippen molar-refractivity contribution in [3.63, 3.8) is 0 Å². The third-order valence-electron chi connectivity index (χ3n) is 3.43. The number of rotatable bonds is 3.